The van der Waals surface area contributed by atoms with Gasteiger partial charge in [0, 0.05) is 30.9 Å². The molecule has 2 heterocycles. The Labute approximate surface area is 152 Å². The van der Waals surface area contributed by atoms with Gasteiger partial charge in [0.1, 0.15) is 4.21 Å². The van der Waals surface area contributed by atoms with Crippen molar-refractivity contribution in [3.63, 3.8) is 0 Å². The Morgan fingerprint density at radius 3 is 2.80 bits per heavy atom. The largest absolute Gasteiger partial charge is 0.351 e. The molecular weight excluding hydrogens is 362 g/mol. The Morgan fingerprint density at radius 1 is 1.36 bits per heavy atom. The van der Waals surface area contributed by atoms with E-state index in [1.54, 1.807) is 12.1 Å². The quantitative estimate of drug-likeness (QED) is 0.720. The van der Waals surface area contributed by atoms with E-state index in [4.69, 9.17) is 0 Å². The van der Waals surface area contributed by atoms with Gasteiger partial charge >= 0.3 is 0 Å². The molecule has 1 aromatic heterocycles. The molecule has 1 unspecified atom stereocenters. The van der Waals surface area contributed by atoms with Crippen LogP contribution in [-0.4, -0.2) is 43.7 Å². The van der Waals surface area contributed by atoms with Gasteiger partial charge in [-0.15, -0.1) is 11.3 Å². The van der Waals surface area contributed by atoms with Gasteiger partial charge in [0.2, 0.25) is 11.8 Å². The Balaban J connectivity index is 2.03. The summed E-state index contributed by atoms with van der Waals surface area (Å²) in [5.74, 6) is -0.389. The zero-order chi connectivity index (χ0) is 18.4. The first-order valence-corrected chi connectivity index (χ1v) is 10.3. The minimum atomic E-state index is -3.55. The highest BCUT2D eigenvalue weighted by atomic mass is 32.2. The number of carbonyl (C=O) groups is 2. The minimum absolute atomic E-state index is 0.0376. The standard InChI is InChI=1S/C16H23N3O4S2/c1-3-15(21)18-13-5-4-9-19(10-8-13)25(22,23)16-7-6-14(24-16)11-17-12(2)20/h3,6-7,13H,1,4-5,8-11H2,2H3,(H,17,20)(H,18,21). The van der Waals surface area contributed by atoms with Gasteiger partial charge in [-0.3, -0.25) is 9.59 Å². The number of hydrogen-bond acceptors (Lipinski definition) is 5. The highest BCUT2D eigenvalue weighted by molar-refractivity contribution is 7.91. The summed E-state index contributed by atoms with van der Waals surface area (Å²) in [6.45, 7) is 5.97. The number of amides is 2. The van der Waals surface area contributed by atoms with E-state index in [0.29, 0.717) is 32.5 Å². The molecule has 2 rings (SSSR count). The predicted octanol–water partition coefficient (Wildman–Crippen LogP) is 1.23. The van der Waals surface area contributed by atoms with Gasteiger partial charge in [-0.2, -0.15) is 4.31 Å². The zero-order valence-electron chi connectivity index (χ0n) is 14.2. The van der Waals surface area contributed by atoms with E-state index in [0.717, 1.165) is 11.3 Å². The normalized spacial score (nSPS) is 19.0. The van der Waals surface area contributed by atoms with Crippen LogP contribution in [0, 0.1) is 0 Å². The SMILES string of the molecule is C=CC(=O)NC1CCCN(S(=O)(=O)c2ccc(CNC(C)=O)s2)CC1. The predicted molar refractivity (Wildman–Crippen MR) is 96.6 cm³/mol. The third-order valence-electron chi connectivity index (χ3n) is 3.96. The molecule has 7 nitrogen and oxygen atoms in total. The number of thiophene rings is 1. The maximum absolute atomic E-state index is 12.8. The van der Waals surface area contributed by atoms with Gasteiger partial charge in [-0.25, -0.2) is 8.42 Å². The molecule has 1 saturated heterocycles. The summed E-state index contributed by atoms with van der Waals surface area (Å²) in [4.78, 5) is 23.2. The van der Waals surface area contributed by atoms with Crippen LogP contribution in [0.25, 0.3) is 0 Å². The molecule has 0 saturated carbocycles. The first kappa shape index (κ1) is 19.6. The van der Waals surface area contributed by atoms with E-state index in [2.05, 4.69) is 17.2 Å². The average Bonchev–Trinajstić information content (AvgIpc) is 2.93. The lowest BCUT2D eigenvalue weighted by atomic mass is 10.1. The maximum Gasteiger partial charge on any atom is 0.252 e. The molecule has 0 aliphatic carbocycles. The Morgan fingerprint density at radius 2 is 2.12 bits per heavy atom. The number of nitrogens with one attached hydrogen (secondary N) is 2. The molecule has 9 heteroatoms. The van der Waals surface area contributed by atoms with E-state index < -0.39 is 10.0 Å². The minimum Gasteiger partial charge on any atom is -0.351 e. The van der Waals surface area contributed by atoms with E-state index in [-0.39, 0.29) is 22.1 Å². The van der Waals surface area contributed by atoms with Crippen molar-refractivity contribution in [3.8, 4) is 0 Å². The van der Waals surface area contributed by atoms with Crippen LogP contribution >= 0.6 is 11.3 Å². The zero-order valence-corrected chi connectivity index (χ0v) is 15.8. The highest BCUT2D eigenvalue weighted by Crippen LogP contribution is 2.27. The summed E-state index contributed by atoms with van der Waals surface area (Å²) in [5.41, 5.74) is 0. The van der Waals surface area contributed by atoms with Crippen LogP contribution in [0.15, 0.2) is 29.0 Å². The summed E-state index contributed by atoms with van der Waals surface area (Å²) in [7, 11) is -3.55. The first-order chi connectivity index (χ1) is 11.8. The maximum atomic E-state index is 12.8. The van der Waals surface area contributed by atoms with Crippen LogP contribution in [0.3, 0.4) is 0 Å². The van der Waals surface area contributed by atoms with Gasteiger partial charge in [-0.05, 0) is 37.5 Å². The van der Waals surface area contributed by atoms with Crippen LogP contribution in [-0.2, 0) is 26.2 Å². The first-order valence-electron chi connectivity index (χ1n) is 8.09. The van der Waals surface area contributed by atoms with Crippen molar-refractivity contribution >= 4 is 33.2 Å². The lowest BCUT2D eigenvalue weighted by Crippen LogP contribution is -2.35. The average molecular weight is 386 g/mol. The molecular formula is C16H23N3O4S2. The highest BCUT2D eigenvalue weighted by Gasteiger charge is 2.29. The third-order valence-corrected chi connectivity index (χ3v) is 7.41. The van der Waals surface area contributed by atoms with E-state index >= 15 is 0 Å². The fourth-order valence-corrected chi connectivity index (χ4v) is 5.59. The molecule has 138 valence electrons. The summed E-state index contributed by atoms with van der Waals surface area (Å²) in [5, 5.41) is 5.50. The van der Waals surface area contributed by atoms with Gasteiger partial charge < -0.3 is 10.6 Å². The van der Waals surface area contributed by atoms with Crippen molar-refractivity contribution in [1.29, 1.82) is 0 Å². The monoisotopic (exact) mass is 385 g/mol. The molecule has 0 spiro atoms. The van der Waals surface area contributed by atoms with Crippen molar-refractivity contribution in [2.75, 3.05) is 13.1 Å². The molecule has 0 bridgehead atoms. The lowest BCUT2D eigenvalue weighted by Gasteiger charge is -2.19. The summed E-state index contributed by atoms with van der Waals surface area (Å²) in [6, 6.07) is 3.27. The molecule has 2 amide bonds. The number of hydrogen-bond donors (Lipinski definition) is 2. The molecule has 0 aromatic carbocycles. The second-order valence-electron chi connectivity index (χ2n) is 5.88. The Kier molecular flexibility index (Phi) is 6.74. The molecule has 1 aliphatic heterocycles. The Bertz CT molecular complexity index is 742. The van der Waals surface area contributed by atoms with Crippen LogP contribution in [0.5, 0.6) is 0 Å². The van der Waals surface area contributed by atoms with Crippen LogP contribution < -0.4 is 10.6 Å². The van der Waals surface area contributed by atoms with Crippen molar-refractivity contribution < 1.29 is 18.0 Å². The fourth-order valence-electron chi connectivity index (χ4n) is 2.65. The van der Waals surface area contributed by atoms with E-state index in [1.165, 1.54) is 28.6 Å². The molecule has 1 aliphatic rings. The molecule has 25 heavy (non-hydrogen) atoms. The fraction of sp³-hybridized carbons (Fsp3) is 0.500. The smallest absolute Gasteiger partial charge is 0.252 e. The topological polar surface area (TPSA) is 95.6 Å². The van der Waals surface area contributed by atoms with Gasteiger partial charge in [-0.1, -0.05) is 6.58 Å². The third kappa shape index (κ3) is 5.38. The van der Waals surface area contributed by atoms with Crippen molar-refractivity contribution in [1.82, 2.24) is 14.9 Å². The van der Waals surface area contributed by atoms with Gasteiger partial charge in [0.25, 0.3) is 10.0 Å². The molecule has 1 atom stereocenters. The van der Waals surface area contributed by atoms with Crippen molar-refractivity contribution in [2.24, 2.45) is 0 Å². The van der Waals surface area contributed by atoms with Crippen molar-refractivity contribution in [3.05, 3.63) is 29.7 Å². The lowest BCUT2D eigenvalue weighted by molar-refractivity contribution is -0.119. The molecule has 2 N–H and O–H groups in total. The summed E-state index contributed by atoms with van der Waals surface area (Å²) < 4.78 is 27.4. The number of nitrogens with zero attached hydrogens (tertiary/aromatic N) is 1. The van der Waals surface area contributed by atoms with Gasteiger partial charge in [0.05, 0.1) is 6.54 Å². The molecule has 1 fully saturated rings. The van der Waals surface area contributed by atoms with Crippen LogP contribution in [0.4, 0.5) is 0 Å². The second kappa shape index (κ2) is 8.59. The second-order valence-corrected chi connectivity index (χ2v) is 9.21. The summed E-state index contributed by atoms with van der Waals surface area (Å²) in [6.07, 6.45) is 3.22. The van der Waals surface area contributed by atoms with E-state index in [9.17, 15) is 18.0 Å². The number of sulfonamides is 1. The van der Waals surface area contributed by atoms with E-state index in [1.807, 2.05) is 0 Å². The van der Waals surface area contributed by atoms with Crippen LogP contribution in [0.2, 0.25) is 0 Å². The van der Waals surface area contributed by atoms with Gasteiger partial charge in [0.15, 0.2) is 0 Å². The number of carbonyl (C=O) groups excluding carboxylic acids is 2. The van der Waals surface area contributed by atoms with Crippen LogP contribution in [0.1, 0.15) is 31.1 Å². The summed E-state index contributed by atoms with van der Waals surface area (Å²) >= 11 is 1.17. The molecule has 1 aromatic rings. The van der Waals surface area contributed by atoms with Crippen molar-refractivity contribution in [2.45, 2.75) is 43.0 Å². The Hall–Kier alpha value is -1.71. The molecule has 0 radical (unpaired) electrons. The number of rotatable bonds is 6.